The average molecular weight is 243 g/mol. The SMILES string of the molecule is CC(C)(C)NCCn1ccnc1-c1ccccc1. The van der Waals surface area contributed by atoms with Gasteiger partial charge < -0.3 is 9.88 Å². The molecule has 0 aliphatic heterocycles. The molecule has 0 fully saturated rings. The summed E-state index contributed by atoms with van der Waals surface area (Å²) in [5.41, 5.74) is 1.33. The van der Waals surface area contributed by atoms with Crippen LogP contribution in [0.3, 0.4) is 0 Å². The Morgan fingerprint density at radius 2 is 1.89 bits per heavy atom. The number of hydrogen-bond donors (Lipinski definition) is 1. The molecule has 2 aromatic rings. The highest BCUT2D eigenvalue weighted by Crippen LogP contribution is 2.16. The predicted molar refractivity (Wildman–Crippen MR) is 75.4 cm³/mol. The first-order valence-electron chi connectivity index (χ1n) is 6.38. The van der Waals surface area contributed by atoms with E-state index in [1.54, 1.807) is 0 Å². The van der Waals surface area contributed by atoms with Gasteiger partial charge in [-0.15, -0.1) is 0 Å². The van der Waals surface area contributed by atoms with Gasteiger partial charge in [0.1, 0.15) is 5.82 Å². The monoisotopic (exact) mass is 243 g/mol. The van der Waals surface area contributed by atoms with Crippen molar-refractivity contribution in [1.29, 1.82) is 0 Å². The van der Waals surface area contributed by atoms with E-state index >= 15 is 0 Å². The fourth-order valence-electron chi connectivity index (χ4n) is 1.89. The number of aromatic nitrogens is 2. The molecule has 1 heterocycles. The Balaban J connectivity index is 2.05. The molecule has 3 heteroatoms. The fourth-order valence-corrected chi connectivity index (χ4v) is 1.89. The topological polar surface area (TPSA) is 29.9 Å². The molecule has 0 unspecified atom stereocenters. The zero-order chi connectivity index (χ0) is 13.0. The lowest BCUT2D eigenvalue weighted by molar-refractivity contribution is 0.413. The third-order valence-electron chi connectivity index (χ3n) is 2.76. The number of rotatable bonds is 4. The summed E-state index contributed by atoms with van der Waals surface area (Å²) in [6.07, 6.45) is 3.89. The summed E-state index contributed by atoms with van der Waals surface area (Å²) in [6, 6.07) is 10.3. The van der Waals surface area contributed by atoms with Gasteiger partial charge in [-0.1, -0.05) is 30.3 Å². The maximum Gasteiger partial charge on any atom is 0.139 e. The number of nitrogens with zero attached hydrogens (tertiary/aromatic N) is 2. The summed E-state index contributed by atoms with van der Waals surface area (Å²) in [4.78, 5) is 4.44. The molecule has 0 bridgehead atoms. The highest BCUT2D eigenvalue weighted by Gasteiger charge is 2.09. The number of benzene rings is 1. The Labute approximate surface area is 109 Å². The van der Waals surface area contributed by atoms with Gasteiger partial charge in [-0.05, 0) is 20.8 Å². The second-order valence-corrected chi connectivity index (χ2v) is 5.49. The van der Waals surface area contributed by atoms with Crippen molar-refractivity contribution in [3.05, 3.63) is 42.7 Å². The molecule has 96 valence electrons. The van der Waals surface area contributed by atoms with E-state index in [2.05, 4.69) is 47.8 Å². The first kappa shape index (κ1) is 12.8. The van der Waals surface area contributed by atoms with Crippen molar-refractivity contribution in [3.8, 4) is 11.4 Å². The molecular weight excluding hydrogens is 222 g/mol. The minimum atomic E-state index is 0.160. The maximum absolute atomic E-state index is 4.44. The zero-order valence-electron chi connectivity index (χ0n) is 11.4. The van der Waals surface area contributed by atoms with Crippen LogP contribution in [0.4, 0.5) is 0 Å². The van der Waals surface area contributed by atoms with Crippen LogP contribution in [0.1, 0.15) is 20.8 Å². The van der Waals surface area contributed by atoms with Gasteiger partial charge in [-0.25, -0.2) is 4.98 Å². The predicted octanol–water partition coefficient (Wildman–Crippen LogP) is 2.94. The van der Waals surface area contributed by atoms with Gasteiger partial charge in [0.2, 0.25) is 0 Å². The summed E-state index contributed by atoms with van der Waals surface area (Å²) >= 11 is 0. The van der Waals surface area contributed by atoms with Crippen LogP contribution in [-0.4, -0.2) is 21.6 Å². The molecule has 0 atom stereocenters. The minimum absolute atomic E-state index is 0.160. The van der Waals surface area contributed by atoms with Gasteiger partial charge in [0.05, 0.1) is 0 Å². The Hall–Kier alpha value is -1.61. The van der Waals surface area contributed by atoms with Crippen molar-refractivity contribution < 1.29 is 0 Å². The van der Waals surface area contributed by atoms with E-state index in [1.165, 1.54) is 5.56 Å². The second kappa shape index (κ2) is 5.36. The molecule has 0 radical (unpaired) electrons. The molecule has 0 aliphatic rings. The van der Waals surface area contributed by atoms with E-state index in [9.17, 15) is 0 Å². The van der Waals surface area contributed by atoms with Crippen LogP contribution >= 0.6 is 0 Å². The number of imidazole rings is 1. The van der Waals surface area contributed by atoms with Crippen molar-refractivity contribution in [1.82, 2.24) is 14.9 Å². The Morgan fingerprint density at radius 1 is 1.17 bits per heavy atom. The normalized spacial score (nSPS) is 11.7. The van der Waals surface area contributed by atoms with Crippen LogP contribution in [-0.2, 0) is 6.54 Å². The molecule has 3 nitrogen and oxygen atoms in total. The van der Waals surface area contributed by atoms with Crippen LogP contribution in [0.5, 0.6) is 0 Å². The van der Waals surface area contributed by atoms with Gasteiger partial charge >= 0.3 is 0 Å². The van der Waals surface area contributed by atoms with Crippen molar-refractivity contribution in [2.75, 3.05) is 6.54 Å². The first-order valence-corrected chi connectivity index (χ1v) is 6.38. The molecular formula is C15H21N3. The first-order chi connectivity index (χ1) is 8.56. The number of hydrogen-bond acceptors (Lipinski definition) is 2. The Kier molecular flexibility index (Phi) is 3.82. The van der Waals surface area contributed by atoms with Crippen LogP contribution < -0.4 is 5.32 Å². The van der Waals surface area contributed by atoms with Crippen LogP contribution in [0.2, 0.25) is 0 Å². The zero-order valence-corrected chi connectivity index (χ0v) is 11.4. The largest absolute Gasteiger partial charge is 0.330 e. The second-order valence-electron chi connectivity index (χ2n) is 5.49. The average Bonchev–Trinajstić information content (AvgIpc) is 2.77. The van der Waals surface area contributed by atoms with Gasteiger partial charge in [0.15, 0.2) is 0 Å². The van der Waals surface area contributed by atoms with Crippen molar-refractivity contribution in [2.24, 2.45) is 0 Å². The van der Waals surface area contributed by atoms with Gasteiger partial charge in [-0.2, -0.15) is 0 Å². The summed E-state index contributed by atoms with van der Waals surface area (Å²) in [6.45, 7) is 8.41. The molecule has 2 rings (SSSR count). The van der Waals surface area contributed by atoms with E-state index in [-0.39, 0.29) is 5.54 Å². The Bertz CT molecular complexity index is 480. The summed E-state index contributed by atoms with van der Waals surface area (Å²) in [7, 11) is 0. The van der Waals surface area contributed by atoms with Crippen molar-refractivity contribution in [3.63, 3.8) is 0 Å². The van der Waals surface area contributed by atoms with Crippen LogP contribution in [0.25, 0.3) is 11.4 Å². The van der Waals surface area contributed by atoms with E-state index in [0.717, 1.165) is 18.9 Å². The summed E-state index contributed by atoms with van der Waals surface area (Å²) < 4.78 is 2.19. The van der Waals surface area contributed by atoms with E-state index in [1.807, 2.05) is 30.6 Å². The van der Waals surface area contributed by atoms with E-state index in [4.69, 9.17) is 0 Å². The lowest BCUT2D eigenvalue weighted by Crippen LogP contribution is -2.37. The lowest BCUT2D eigenvalue weighted by atomic mass is 10.1. The van der Waals surface area contributed by atoms with Gasteiger partial charge in [0.25, 0.3) is 0 Å². The van der Waals surface area contributed by atoms with Crippen LogP contribution in [0, 0.1) is 0 Å². The van der Waals surface area contributed by atoms with Crippen molar-refractivity contribution in [2.45, 2.75) is 32.9 Å². The minimum Gasteiger partial charge on any atom is -0.330 e. The van der Waals surface area contributed by atoms with Crippen molar-refractivity contribution >= 4 is 0 Å². The van der Waals surface area contributed by atoms with Gasteiger partial charge in [0, 0.05) is 36.6 Å². The molecule has 0 spiro atoms. The quantitative estimate of drug-likeness (QED) is 0.894. The fraction of sp³-hybridized carbons (Fsp3) is 0.400. The molecule has 1 N–H and O–H groups in total. The van der Waals surface area contributed by atoms with E-state index < -0.39 is 0 Å². The summed E-state index contributed by atoms with van der Waals surface area (Å²) in [5, 5.41) is 3.49. The third-order valence-corrected chi connectivity index (χ3v) is 2.76. The molecule has 1 aromatic heterocycles. The third kappa shape index (κ3) is 3.44. The molecule has 1 aromatic carbocycles. The molecule has 0 amide bonds. The summed E-state index contributed by atoms with van der Waals surface area (Å²) in [5.74, 6) is 1.03. The standard InChI is InChI=1S/C15H21N3/c1-15(2,3)17-10-12-18-11-9-16-14(18)13-7-5-4-6-8-13/h4-9,11,17H,10,12H2,1-3H3. The molecule has 0 aliphatic carbocycles. The molecule has 0 saturated heterocycles. The van der Waals surface area contributed by atoms with Gasteiger partial charge in [-0.3, -0.25) is 0 Å². The number of nitrogens with one attached hydrogen (secondary N) is 1. The maximum atomic E-state index is 4.44. The lowest BCUT2D eigenvalue weighted by Gasteiger charge is -2.21. The molecule has 0 saturated carbocycles. The molecule has 18 heavy (non-hydrogen) atoms. The van der Waals surface area contributed by atoms with Crippen LogP contribution in [0.15, 0.2) is 42.7 Å². The highest BCUT2D eigenvalue weighted by atomic mass is 15.1. The Morgan fingerprint density at radius 3 is 2.56 bits per heavy atom. The smallest absolute Gasteiger partial charge is 0.139 e. The van der Waals surface area contributed by atoms with E-state index in [0.29, 0.717) is 0 Å². The highest BCUT2D eigenvalue weighted by molar-refractivity contribution is 5.55.